The second kappa shape index (κ2) is 8.59. The molecule has 3 rings (SSSR count). The minimum absolute atomic E-state index is 0. The molecule has 0 aliphatic carbocycles. The summed E-state index contributed by atoms with van der Waals surface area (Å²) in [5.74, 6) is 0. The van der Waals surface area contributed by atoms with E-state index in [1.165, 1.54) is 10.5 Å². The van der Waals surface area contributed by atoms with Gasteiger partial charge in [-0.2, -0.15) is 0 Å². The number of aliphatic hydroxyl groups is 1. The molecule has 2 nitrogen and oxygen atoms in total. The molecule has 1 N–H and O–H groups in total. The normalized spacial score (nSPS) is 22.0. The van der Waals surface area contributed by atoms with Gasteiger partial charge in [-0.1, -0.05) is 48.5 Å². The Balaban J connectivity index is 0.00000176. The maximum absolute atomic E-state index is 10.4. The van der Waals surface area contributed by atoms with E-state index in [1.807, 2.05) is 12.1 Å². The van der Waals surface area contributed by atoms with Gasteiger partial charge in [-0.3, -0.25) is 4.90 Å². The van der Waals surface area contributed by atoms with Crippen molar-refractivity contribution in [3.05, 3.63) is 66.2 Å². The number of hydrogen-bond donors (Lipinski definition) is 1. The molecular weight excluding hydrogens is 314 g/mol. The molecule has 0 amide bonds. The highest BCUT2D eigenvalue weighted by Crippen LogP contribution is 2.30. The number of thioether (sulfide) groups is 1. The number of hydrogen-bond acceptors (Lipinski definition) is 3. The van der Waals surface area contributed by atoms with Crippen LogP contribution in [0.3, 0.4) is 0 Å². The first-order chi connectivity index (χ1) is 10.3. The Morgan fingerprint density at radius 2 is 1.64 bits per heavy atom. The third-order valence-electron chi connectivity index (χ3n) is 3.88. The van der Waals surface area contributed by atoms with Crippen LogP contribution in [0.4, 0.5) is 0 Å². The summed E-state index contributed by atoms with van der Waals surface area (Å²) in [5.41, 5.74) is 1.32. The number of nitrogens with zero attached hydrogens (tertiary/aromatic N) is 1. The summed E-state index contributed by atoms with van der Waals surface area (Å²) < 4.78 is 0. The Morgan fingerprint density at radius 1 is 1.00 bits per heavy atom. The fourth-order valence-corrected chi connectivity index (χ4v) is 3.90. The van der Waals surface area contributed by atoms with Gasteiger partial charge in [-0.25, -0.2) is 0 Å². The van der Waals surface area contributed by atoms with E-state index in [0.717, 1.165) is 26.1 Å². The molecule has 1 saturated heterocycles. The van der Waals surface area contributed by atoms with E-state index in [1.54, 1.807) is 11.8 Å². The molecule has 1 heterocycles. The highest BCUT2D eigenvalue weighted by molar-refractivity contribution is 8.00. The van der Waals surface area contributed by atoms with Gasteiger partial charge in [0.25, 0.3) is 0 Å². The lowest BCUT2D eigenvalue weighted by molar-refractivity contribution is 0.0724. The predicted molar refractivity (Wildman–Crippen MR) is 95.7 cm³/mol. The van der Waals surface area contributed by atoms with Crippen LogP contribution in [0.15, 0.2) is 65.6 Å². The number of rotatable bonds is 4. The molecule has 2 atom stereocenters. The standard InChI is InChI=1S/C18H21NOS.ClH/c20-17-14-19(13-15-7-3-1-4-8-15)12-11-18(17)21-16-9-5-2-6-10-16;/h1-10,17-18,20H,11-14H2;1H/t17-,18-;/m1./s1. The van der Waals surface area contributed by atoms with Gasteiger partial charge in [0, 0.05) is 23.2 Å². The largest absolute Gasteiger partial charge is 0.391 e. The number of likely N-dealkylation sites (tertiary alicyclic amines) is 1. The summed E-state index contributed by atoms with van der Waals surface area (Å²) in [6, 6.07) is 20.9. The van der Waals surface area contributed by atoms with Crippen LogP contribution in [0.2, 0.25) is 0 Å². The molecule has 1 fully saturated rings. The molecule has 2 aromatic rings. The Labute approximate surface area is 143 Å². The lowest BCUT2D eigenvalue weighted by Gasteiger charge is -2.35. The SMILES string of the molecule is Cl.O[C@@H]1CN(Cc2ccccc2)CC[C@H]1Sc1ccccc1. The van der Waals surface area contributed by atoms with Crippen LogP contribution in [-0.4, -0.2) is 34.4 Å². The van der Waals surface area contributed by atoms with Gasteiger partial charge in [0.05, 0.1) is 6.10 Å². The van der Waals surface area contributed by atoms with E-state index in [4.69, 9.17) is 0 Å². The summed E-state index contributed by atoms with van der Waals surface area (Å²) in [6.07, 6.45) is 0.778. The summed E-state index contributed by atoms with van der Waals surface area (Å²) in [7, 11) is 0. The highest BCUT2D eigenvalue weighted by atomic mass is 35.5. The zero-order valence-corrected chi connectivity index (χ0v) is 14.1. The first-order valence-electron chi connectivity index (χ1n) is 7.47. The Bertz CT molecular complexity index is 552. The molecule has 22 heavy (non-hydrogen) atoms. The smallest absolute Gasteiger partial charge is 0.0789 e. The molecule has 0 bridgehead atoms. The van der Waals surface area contributed by atoms with Crippen molar-refractivity contribution < 1.29 is 5.11 Å². The van der Waals surface area contributed by atoms with Crippen molar-refractivity contribution in [1.82, 2.24) is 4.90 Å². The Kier molecular flexibility index (Phi) is 6.77. The minimum Gasteiger partial charge on any atom is -0.391 e. The van der Waals surface area contributed by atoms with E-state index < -0.39 is 0 Å². The predicted octanol–water partition coefficient (Wildman–Crippen LogP) is 3.84. The molecule has 4 heteroatoms. The van der Waals surface area contributed by atoms with Gasteiger partial charge in [-0.15, -0.1) is 24.2 Å². The Morgan fingerprint density at radius 3 is 2.27 bits per heavy atom. The molecule has 0 unspecified atom stereocenters. The first-order valence-corrected chi connectivity index (χ1v) is 8.35. The van der Waals surface area contributed by atoms with E-state index in [2.05, 4.69) is 53.4 Å². The van der Waals surface area contributed by atoms with Crippen LogP contribution >= 0.6 is 24.2 Å². The van der Waals surface area contributed by atoms with Crippen LogP contribution in [0, 0.1) is 0 Å². The van der Waals surface area contributed by atoms with Gasteiger partial charge in [0.15, 0.2) is 0 Å². The lowest BCUT2D eigenvalue weighted by Crippen LogP contribution is -2.44. The number of piperidine rings is 1. The van der Waals surface area contributed by atoms with E-state index in [0.29, 0.717) is 5.25 Å². The van der Waals surface area contributed by atoms with E-state index >= 15 is 0 Å². The molecule has 0 radical (unpaired) electrons. The van der Waals surface area contributed by atoms with Crippen molar-refractivity contribution in [2.45, 2.75) is 29.2 Å². The summed E-state index contributed by atoms with van der Waals surface area (Å²) in [6.45, 7) is 2.75. The maximum Gasteiger partial charge on any atom is 0.0789 e. The zero-order valence-electron chi connectivity index (χ0n) is 12.5. The van der Waals surface area contributed by atoms with Crippen molar-refractivity contribution in [2.75, 3.05) is 13.1 Å². The second-order valence-corrected chi connectivity index (χ2v) is 6.86. The zero-order chi connectivity index (χ0) is 14.5. The van der Waals surface area contributed by atoms with Crippen molar-refractivity contribution in [2.24, 2.45) is 0 Å². The van der Waals surface area contributed by atoms with Crippen molar-refractivity contribution >= 4 is 24.2 Å². The van der Waals surface area contributed by atoms with Crippen LogP contribution in [0.1, 0.15) is 12.0 Å². The fourth-order valence-electron chi connectivity index (χ4n) is 2.77. The van der Waals surface area contributed by atoms with Crippen LogP contribution in [0.25, 0.3) is 0 Å². The fraction of sp³-hybridized carbons (Fsp3) is 0.333. The van der Waals surface area contributed by atoms with Crippen molar-refractivity contribution in [3.63, 3.8) is 0 Å². The Hall–Kier alpha value is -1.00. The molecule has 0 aromatic heterocycles. The van der Waals surface area contributed by atoms with Crippen LogP contribution < -0.4 is 0 Å². The average Bonchev–Trinajstić information content (AvgIpc) is 2.52. The number of halogens is 1. The third kappa shape index (κ3) is 4.75. The molecule has 2 aromatic carbocycles. The molecule has 1 aliphatic heterocycles. The first kappa shape index (κ1) is 17.4. The monoisotopic (exact) mass is 335 g/mol. The van der Waals surface area contributed by atoms with Gasteiger partial charge in [0.2, 0.25) is 0 Å². The van der Waals surface area contributed by atoms with Crippen LogP contribution in [0.5, 0.6) is 0 Å². The van der Waals surface area contributed by atoms with Crippen LogP contribution in [-0.2, 0) is 6.54 Å². The van der Waals surface area contributed by atoms with E-state index in [9.17, 15) is 5.11 Å². The lowest BCUT2D eigenvalue weighted by atomic mass is 10.1. The highest BCUT2D eigenvalue weighted by Gasteiger charge is 2.28. The van der Waals surface area contributed by atoms with Crippen molar-refractivity contribution in [1.29, 1.82) is 0 Å². The molecular formula is C18H22ClNOS. The average molecular weight is 336 g/mol. The number of benzene rings is 2. The molecule has 118 valence electrons. The summed E-state index contributed by atoms with van der Waals surface area (Å²) >= 11 is 1.80. The second-order valence-electron chi connectivity index (χ2n) is 5.55. The number of β-amino-alcohol motifs (C(OH)–C–C–N with tert-alkyl or cyclic N) is 1. The summed E-state index contributed by atoms with van der Waals surface area (Å²) in [5, 5.41) is 10.7. The maximum atomic E-state index is 10.4. The molecule has 0 spiro atoms. The number of aliphatic hydroxyl groups excluding tert-OH is 1. The quantitative estimate of drug-likeness (QED) is 0.918. The summed E-state index contributed by atoms with van der Waals surface area (Å²) in [4.78, 5) is 3.60. The van der Waals surface area contributed by atoms with Gasteiger partial charge >= 0.3 is 0 Å². The minimum atomic E-state index is -0.257. The molecule has 1 aliphatic rings. The molecule has 0 saturated carbocycles. The third-order valence-corrected chi connectivity index (χ3v) is 5.28. The van der Waals surface area contributed by atoms with Gasteiger partial charge < -0.3 is 5.11 Å². The van der Waals surface area contributed by atoms with Gasteiger partial charge in [0.1, 0.15) is 0 Å². The van der Waals surface area contributed by atoms with Gasteiger partial charge in [-0.05, 0) is 30.7 Å². The topological polar surface area (TPSA) is 23.5 Å². The van der Waals surface area contributed by atoms with E-state index in [-0.39, 0.29) is 18.5 Å². The van der Waals surface area contributed by atoms with Crippen molar-refractivity contribution in [3.8, 4) is 0 Å².